The Bertz CT molecular complexity index is 500. The van der Waals surface area contributed by atoms with Crippen LogP contribution < -0.4 is 39.4 Å². The molecule has 5 nitrogen and oxygen atoms in total. The molecule has 7 heteroatoms. The van der Waals surface area contributed by atoms with Crippen LogP contribution >= 0.6 is 0 Å². The lowest BCUT2D eigenvalue weighted by molar-refractivity contribution is -0.988. The first-order valence-corrected chi connectivity index (χ1v) is 10.3. The van der Waals surface area contributed by atoms with Gasteiger partial charge in [-0.1, -0.05) is 44.7 Å². The summed E-state index contributed by atoms with van der Waals surface area (Å²) in [4.78, 5) is 2.95. The molecule has 0 bridgehead atoms. The van der Waals surface area contributed by atoms with Gasteiger partial charge in [0.1, 0.15) is 38.8 Å². The number of ether oxygens (including phenoxy) is 2. The van der Waals surface area contributed by atoms with Crippen molar-refractivity contribution in [2.45, 2.75) is 45.1 Å². The van der Waals surface area contributed by atoms with Gasteiger partial charge in [-0.05, 0) is 12.5 Å². The first-order chi connectivity index (χ1) is 12.7. The largest absolute Gasteiger partial charge is 1.00 e. The molecule has 1 heterocycles. The van der Waals surface area contributed by atoms with E-state index >= 15 is 0 Å². The average molecular weight is 437 g/mol. The van der Waals surface area contributed by atoms with Gasteiger partial charge >= 0.3 is 0 Å². The first-order valence-electron chi connectivity index (χ1n) is 10.3. The molecule has 1 aliphatic heterocycles. The van der Waals surface area contributed by atoms with Crippen LogP contribution in [-0.2, 0) is 4.74 Å². The lowest BCUT2D eigenvalue weighted by Crippen LogP contribution is -3.26. The molecular weight excluding hydrogens is 399 g/mol. The SMILES string of the molecule is CCCCCCCOCC(O)C[NH+]1CC[NH+](c2ccccc2OC)CC1.[Cl-].[Cl-]. The number of rotatable bonds is 12. The number of aliphatic hydroxyl groups is 1. The van der Waals surface area contributed by atoms with Gasteiger partial charge in [0, 0.05) is 12.7 Å². The Labute approximate surface area is 183 Å². The molecule has 28 heavy (non-hydrogen) atoms. The van der Waals surface area contributed by atoms with Crippen molar-refractivity contribution in [1.29, 1.82) is 0 Å². The summed E-state index contributed by atoms with van der Waals surface area (Å²) in [7, 11) is 1.74. The van der Waals surface area contributed by atoms with Crippen molar-refractivity contribution in [3.05, 3.63) is 24.3 Å². The second-order valence-corrected chi connectivity index (χ2v) is 7.40. The molecule has 0 aliphatic carbocycles. The first kappa shape index (κ1) is 27.4. The Kier molecular flexibility index (Phi) is 15.9. The van der Waals surface area contributed by atoms with Crippen LogP contribution in [0, 0.1) is 0 Å². The summed E-state index contributed by atoms with van der Waals surface area (Å²) in [6, 6.07) is 8.28. The van der Waals surface area contributed by atoms with Crippen molar-refractivity contribution < 1.29 is 49.2 Å². The number of hydrogen-bond acceptors (Lipinski definition) is 3. The Morgan fingerprint density at radius 1 is 1.00 bits per heavy atom. The molecule has 3 N–H and O–H groups in total. The zero-order chi connectivity index (χ0) is 18.6. The van der Waals surface area contributed by atoms with E-state index in [-0.39, 0.29) is 30.9 Å². The summed E-state index contributed by atoms with van der Waals surface area (Å²) in [6.07, 6.45) is 5.88. The van der Waals surface area contributed by atoms with Crippen molar-refractivity contribution in [2.75, 3.05) is 53.0 Å². The Hall–Kier alpha value is -0.560. The summed E-state index contributed by atoms with van der Waals surface area (Å²) < 4.78 is 11.1. The van der Waals surface area contributed by atoms with Gasteiger partial charge in [-0.2, -0.15) is 0 Å². The number of aliphatic hydroxyl groups excluding tert-OH is 1. The number of piperazine rings is 1. The predicted octanol–water partition coefficient (Wildman–Crippen LogP) is -5.53. The van der Waals surface area contributed by atoms with Gasteiger partial charge in [-0.3, -0.25) is 4.90 Å². The summed E-state index contributed by atoms with van der Waals surface area (Å²) in [6.45, 7) is 8.55. The number of nitrogens with one attached hydrogen (secondary N) is 2. The van der Waals surface area contributed by atoms with Crippen molar-refractivity contribution in [2.24, 2.45) is 0 Å². The van der Waals surface area contributed by atoms with Gasteiger partial charge in [-0.25, -0.2) is 0 Å². The van der Waals surface area contributed by atoms with E-state index in [1.165, 1.54) is 41.2 Å². The van der Waals surface area contributed by atoms with Gasteiger partial charge in [-0.15, -0.1) is 0 Å². The molecule has 1 unspecified atom stereocenters. The molecule has 0 radical (unpaired) electrons. The third kappa shape index (κ3) is 9.77. The number of hydrogen-bond donors (Lipinski definition) is 3. The number of unbranched alkanes of at least 4 members (excludes halogenated alkanes) is 4. The molecule has 0 amide bonds. The van der Waals surface area contributed by atoms with Crippen LogP contribution in [-0.4, -0.2) is 64.3 Å². The molecule has 1 aliphatic rings. The maximum absolute atomic E-state index is 10.2. The molecule has 1 fully saturated rings. The highest BCUT2D eigenvalue weighted by Crippen LogP contribution is 2.18. The highest BCUT2D eigenvalue weighted by Gasteiger charge is 2.27. The van der Waals surface area contributed by atoms with E-state index in [0.29, 0.717) is 6.61 Å². The zero-order valence-corrected chi connectivity index (χ0v) is 18.9. The smallest absolute Gasteiger partial charge is 0.179 e. The van der Waals surface area contributed by atoms with E-state index in [0.717, 1.165) is 51.5 Å². The standard InChI is InChI=1S/C21H36N2O3.2ClH/c1-3-4-5-6-9-16-26-18-19(24)17-22-12-14-23(15-13-22)20-10-7-8-11-21(20)25-2;;/h7-8,10-11,19,24H,3-6,9,12-18H2,1-2H3;2*1H. The highest BCUT2D eigenvalue weighted by molar-refractivity contribution is 5.45. The fourth-order valence-corrected chi connectivity index (χ4v) is 3.73. The van der Waals surface area contributed by atoms with E-state index in [2.05, 4.69) is 19.1 Å². The van der Waals surface area contributed by atoms with E-state index in [1.54, 1.807) is 7.11 Å². The van der Waals surface area contributed by atoms with Gasteiger partial charge < -0.3 is 44.3 Å². The third-order valence-corrected chi connectivity index (χ3v) is 5.28. The normalized spacial score (nSPS) is 20.0. The van der Waals surface area contributed by atoms with Crippen molar-refractivity contribution >= 4 is 5.69 Å². The number of para-hydroxylation sites is 2. The molecule has 164 valence electrons. The topological polar surface area (TPSA) is 47.6 Å². The molecule has 0 aromatic heterocycles. The summed E-state index contributed by atoms with van der Waals surface area (Å²) in [5.74, 6) is 0.971. The average Bonchev–Trinajstić information content (AvgIpc) is 2.68. The molecule has 1 aromatic carbocycles. The van der Waals surface area contributed by atoms with Crippen LogP contribution in [0.1, 0.15) is 39.0 Å². The molecule has 1 atom stereocenters. The molecule has 0 saturated carbocycles. The van der Waals surface area contributed by atoms with Crippen molar-refractivity contribution in [1.82, 2.24) is 0 Å². The summed E-state index contributed by atoms with van der Waals surface area (Å²) in [5, 5.41) is 10.2. The number of halogens is 2. The fraction of sp³-hybridized carbons (Fsp3) is 0.714. The van der Waals surface area contributed by atoms with E-state index in [9.17, 15) is 5.11 Å². The van der Waals surface area contributed by atoms with Crippen LogP contribution in [0.5, 0.6) is 5.75 Å². The Morgan fingerprint density at radius 3 is 2.36 bits per heavy atom. The zero-order valence-electron chi connectivity index (χ0n) is 17.4. The van der Waals surface area contributed by atoms with Crippen LogP contribution in [0.4, 0.5) is 5.69 Å². The molecule has 2 rings (SSSR count). The fourth-order valence-electron chi connectivity index (χ4n) is 3.73. The van der Waals surface area contributed by atoms with Crippen LogP contribution in [0.15, 0.2) is 24.3 Å². The summed E-state index contributed by atoms with van der Waals surface area (Å²) >= 11 is 0. The second-order valence-electron chi connectivity index (χ2n) is 7.40. The van der Waals surface area contributed by atoms with E-state index in [4.69, 9.17) is 9.47 Å². The molecular formula is C21H38Cl2N2O3. The lowest BCUT2D eigenvalue weighted by Gasteiger charge is -2.31. The minimum atomic E-state index is -0.353. The number of benzene rings is 1. The minimum absolute atomic E-state index is 0. The van der Waals surface area contributed by atoms with Gasteiger partial charge in [0.2, 0.25) is 0 Å². The second kappa shape index (κ2) is 16.3. The quantitative estimate of drug-likeness (QED) is 0.286. The maximum Gasteiger partial charge on any atom is 0.179 e. The highest BCUT2D eigenvalue weighted by atomic mass is 35.5. The Balaban J connectivity index is 0.00000364. The molecule has 0 spiro atoms. The van der Waals surface area contributed by atoms with Gasteiger partial charge in [0.25, 0.3) is 0 Å². The van der Waals surface area contributed by atoms with Crippen LogP contribution in [0.3, 0.4) is 0 Å². The van der Waals surface area contributed by atoms with Gasteiger partial charge in [0.15, 0.2) is 11.4 Å². The third-order valence-electron chi connectivity index (χ3n) is 5.28. The van der Waals surface area contributed by atoms with Crippen molar-refractivity contribution in [3.63, 3.8) is 0 Å². The summed E-state index contributed by atoms with van der Waals surface area (Å²) in [5.41, 5.74) is 1.25. The minimum Gasteiger partial charge on any atom is -1.00 e. The monoisotopic (exact) mass is 436 g/mol. The lowest BCUT2D eigenvalue weighted by atomic mass is 10.2. The van der Waals surface area contributed by atoms with Crippen molar-refractivity contribution in [3.8, 4) is 5.75 Å². The van der Waals surface area contributed by atoms with Gasteiger partial charge in [0.05, 0.1) is 13.7 Å². The number of methoxy groups -OCH3 is 1. The molecule has 1 aromatic rings. The molecule has 1 saturated heterocycles. The van der Waals surface area contributed by atoms with Crippen LogP contribution in [0.2, 0.25) is 0 Å². The predicted molar refractivity (Wildman–Crippen MR) is 104 cm³/mol. The van der Waals surface area contributed by atoms with Crippen LogP contribution in [0.25, 0.3) is 0 Å². The Morgan fingerprint density at radius 2 is 1.68 bits per heavy atom. The number of quaternary nitrogens is 2. The van der Waals surface area contributed by atoms with E-state index in [1.807, 2.05) is 12.1 Å². The maximum atomic E-state index is 10.2. The van der Waals surface area contributed by atoms with E-state index < -0.39 is 0 Å².